The van der Waals surface area contributed by atoms with Crippen molar-refractivity contribution >= 4 is 14.8 Å². The van der Waals surface area contributed by atoms with Gasteiger partial charge < -0.3 is 18.0 Å². The lowest BCUT2D eigenvalue weighted by molar-refractivity contribution is -0.204. The first kappa shape index (κ1) is 19.3. The standard InChI is InChI=1S/C14H28O5Si/c1-8-11-14(6,18-13(15)12(4)5)19-20(7,16-9-2)17-10-3/h4,8-11H2,1-3,5-7H3. The molecule has 0 saturated carbocycles. The number of rotatable bonds is 10. The largest absolute Gasteiger partial charge is 0.500 e. The minimum atomic E-state index is -2.83. The summed E-state index contributed by atoms with van der Waals surface area (Å²) in [6.45, 7) is 15.5. The molecule has 0 heterocycles. The predicted octanol–water partition coefficient (Wildman–Crippen LogP) is 3.28. The molecule has 0 aliphatic heterocycles. The van der Waals surface area contributed by atoms with Gasteiger partial charge in [-0.1, -0.05) is 13.5 Å². The second kappa shape index (κ2) is 8.56. The van der Waals surface area contributed by atoms with Crippen LogP contribution in [-0.2, 0) is 22.8 Å². The van der Waals surface area contributed by atoms with Gasteiger partial charge in [0.15, 0.2) is 0 Å². The van der Waals surface area contributed by atoms with Crippen LogP contribution in [0.3, 0.4) is 0 Å². The topological polar surface area (TPSA) is 54.0 Å². The fraction of sp³-hybridized carbons (Fsp3) is 0.786. The molecule has 1 unspecified atom stereocenters. The molecule has 0 aromatic heterocycles. The smallest absolute Gasteiger partial charge is 0.431 e. The number of carbonyl (C=O) groups is 1. The maximum atomic E-state index is 11.8. The van der Waals surface area contributed by atoms with Gasteiger partial charge in [-0.2, -0.15) is 0 Å². The summed E-state index contributed by atoms with van der Waals surface area (Å²) >= 11 is 0. The van der Waals surface area contributed by atoms with Gasteiger partial charge in [0.2, 0.25) is 5.79 Å². The van der Waals surface area contributed by atoms with Crippen molar-refractivity contribution in [2.24, 2.45) is 0 Å². The van der Waals surface area contributed by atoms with Gasteiger partial charge in [-0.3, -0.25) is 0 Å². The van der Waals surface area contributed by atoms with Crippen molar-refractivity contribution in [2.45, 2.75) is 59.8 Å². The van der Waals surface area contributed by atoms with Crippen LogP contribution in [0.15, 0.2) is 12.2 Å². The average molecular weight is 304 g/mol. The molecule has 1 atom stereocenters. The van der Waals surface area contributed by atoms with Gasteiger partial charge in [-0.15, -0.1) is 0 Å². The Balaban J connectivity index is 5.03. The number of esters is 1. The van der Waals surface area contributed by atoms with Crippen molar-refractivity contribution in [2.75, 3.05) is 13.2 Å². The molecule has 0 amide bonds. The Morgan fingerprint density at radius 3 is 2.05 bits per heavy atom. The fourth-order valence-corrected chi connectivity index (χ4v) is 4.06. The number of ether oxygens (including phenoxy) is 1. The van der Waals surface area contributed by atoms with E-state index in [4.69, 9.17) is 18.0 Å². The van der Waals surface area contributed by atoms with E-state index < -0.39 is 20.6 Å². The molecule has 5 nitrogen and oxygen atoms in total. The van der Waals surface area contributed by atoms with E-state index in [1.54, 1.807) is 13.8 Å². The van der Waals surface area contributed by atoms with Crippen LogP contribution in [0, 0.1) is 0 Å². The lowest BCUT2D eigenvalue weighted by Crippen LogP contribution is -2.51. The van der Waals surface area contributed by atoms with E-state index in [9.17, 15) is 4.79 Å². The highest BCUT2D eigenvalue weighted by atomic mass is 28.4. The molecule has 20 heavy (non-hydrogen) atoms. The zero-order chi connectivity index (χ0) is 15.8. The van der Waals surface area contributed by atoms with Gasteiger partial charge in [0.1, 0.15) is 0 Å². The Bertz CT molecular complexity index is 326. The van der Waals surface area contributed by atoms with Crippen LogP contribution in [0.5, 0.6) is 0 Å². The van der Waals surface area contributed by atoms with E-state index in [2.05, 4.69) is 6.58 Å². The fourth-order valence-electron chi connectivity index (χ4n) is 1.88. The summed E-state index contributed by atoms with van der Waals surface area (Å²) in [7, 11) is -2.83. The van der Waals surface area contributed by atoms with Crippen LogP contribution in [0.4, 0.5) is 0 Å². The Labute approximate surface area is 123 Å². The van der Waals surface area contributed by atoms with Crippen molar-refractivity contribution in [1.29, 1.82) is 0 Å². The molecule has 0 aliphatic carbocycles. The normalized spacial score (nSPS) is 14.7. The second-order valence-corrected chi connectivity index (χ2v) is 7.39. The van der Waals surface area contributed by atoms with Crippen molar-refractivity contribution in [3.8, 4) is 0 Å². The van der Waals surface area contributed by atoms with Gasteiger partial charge in [-0.05, 0) is 27.2 Å². The third kappa shape index (κ3) is 6.65. The summed E-state index contributed by atoms with van der Waals surface area (Å²) in [5.41, 5.74) is 0.340. The first-order valence-electron chi connectivity index (χ1n) is 7.08. The summed E-state index contributed by atoms with van der Waals surface area (Å²) < 4.78 is 22.7. The van der Waals surface area contributed by atoms with Gasteiger partial charge >= 0.3 is 14.8 Å². The highest BCUT2D eigenvalue weighted by Crippen LogP contribution is 2.27. The predicted molar refractivity (Wildman–Crippen MR) is 80.2 cm³/mol. The molecule has 6 heteroatoms. The van der Waals surface area contributed by atoms with Crippen molar-refractivity contribution in [3.05, 3.63) is 12.2 Å². The third-order valence-corrected chi connectivity index (χ3v) is 5.00. The van der Waals surface area contributed by atoms with E-state index in [-0.39, 0.29) is 0 Å². The van der Waals surface area contributed by atoms with E-state index in [1.165, 1.54) is 0 Å². The Hall–Kier alpha value is -0.693. The van der Waals surface area contributed by atoms with Crippen LogP contribution in [0.1, 0.15) is 47.5 Å². The van der Waals surface area contributed by atoms with Gasteiger partial charge in [0.25, 0.3) is 0 Å². The highest BCUT2D eigenvalue weighted by molar-refractivity contribution is 6.59. The third-order valence-electron chi connectivity index (χ3n) is 2.58. The van der Waals surface area contributed by atoms with Gasteiger partial charge in [0, 0.05) is 38.7 Å². The van der Waals surface area contributed by atoms with Crippen LogP contribution >= 0.6 is 0 Å². The second-order valence-electron chi connectivity index (χ2n) is 4.88. The Morgan fingerprint density at radius 1 is 1.20 bits per heavy atom. The maximum absolute atomic E-state index is 11.8. The zero-order valence-electron chi connectivity index (χ0n) is 13.6. The van der Waals surface area contributed by atoms with Crippen molar-refractivity contribution in [1.82, 2.24) is 0 Å². The van der Waals surface area contributed by atoms with Crippen LogP contribution in [-0.4, -0.2) is 33.8 Å². The molecule has 0 bridgehead atoms. The zero-order valence-corrected chi connectivity index (χ0v) is 14.6. The molecule has 0 aliphatic rings. The maximum Gasteiger partial charge on any atom is 0.500 e. The summed E-state index contributed by atoms with van der Waals surface area (Å²) in [5.74, 6) is -1.53. The lowest BCUT2D eigenvalue weighted by Gasteiger charge is -2.36. The molecule has 0 radical (unpaired) electrons. The van der Waals surface area contributed by atoms with E-state index in [0.717, 1.165) is 6.42 Å². The monoisotopic (exact) mass is 304 g/mol. The Morgan fingerprint density at radius 2 is 1.70 bits per heavy atom. The summed E-state index contributed by atoms with van der Waals surface area (Å²) in [4.78, 5) is 11.8. The highest BCUT2D eigenvalue weighted by Gasteiger charge is 2.44. The van der Waals surface area contributed by atoms with E-state index in [1.807, 2.05) is 27.3 Å². The van der Waals surface area contributed by atoms with E-state index in [0.29, 0.717) is 25.2 Å². The van der Waals surface area contributed by atoms with Crippen LogP contribution < -0.4 is 0 Å². The molecule has 118 valence electrons. The molecule has 0 aromatic carbocycles. The Kier molecular flexibility index (Phi) is 8.27. The minimum absolute atomic E-state index is 0.340. The molecule has 0 aromatic rings. The average Bonchev–Trinajstić information content (AvgIpc) is 2.28. The number of hydrogen-bond acceptors (Lipinski definition) is 5. The van der Waals surface area contributed by atoms with Crippen molar-refractivity contribution < 1.29 is 22.8 Å². The summed E-state index contributed by atoms with van der Waals surface area (Å²) in [6.07, 6.45) is 1.37. The summed E-state index contributed by atoms with van der Waals surface area (Å²) in [5, 5.41) is 0. The molecule has 0 saturated heterocycles. The molecular weight excluding hydrogens is 276 g/mol. The number of carbonyl (C=O) groups excluding carboxylic acids is 1. The SMILES string of the molecule is C=C(C)C(=O)OC(C)(CCC)O[Si](C)(OCC)OCC. The molecule has 0 fully saturated rings. The van der Waals surface area contributed by atoms with Gasteiger partial charge in [-0.25, -0.2) is 4.79 Å². The molecule has 0 N–H and O–H groups in total. The van der Waals surface area contributed by atoms with Crippen LogP contribution in [0.2, 0.25) is 6.55 Å². The molecule has 0 spiro atoms. The quantitative estimate of drug-likeness (QED) is 0.268. The first-order chi connectivity index (χ1) is 9.22. The van der Waals surface area contributed by atoms with Gasteiger partial charge in [0.05, 0.1) is 0 Å². The van der Waals surface area contributed by atoms with E-state index >= 15 is 0 Å². The van der Waals surface area contributed by atoms with Crippen molar-refractivity contribution in [3.63, 3.8) is 0 Å². The first-order valence-corrected chi connectivity index (χ1v) is 9.31. The summed E-state index contributed by atoms with van der Waals surface area (Å²) in [6, 6.07) is 0. The van der Waals surface area contributed by atoms with Crippen LogP contribution in [0.25, 0.3) is 0 Å². The number of hydrogen-bond donors (Lipinski definition) is 0. The molecule has 0 rings (SSSR count). The minimum Gasteiger partial charge on any atom is -0.431 e. The lowest BCUT2D eigenvalue weighted by atomic mass is 10.2. The molecular formula is C14H28O5Si.